The summed E-state index contributed by atoms with van der Waals surface area (Å²) < 4.78 is 25.4. The summed E-state index contributed by atoms with van der Waals surface area (Å²) in [4.78, 5) is 0. The molecule has 0 atom stereocenters. The monoisotopic (exact) mass is 258 g/mol. The third kappa shape index (κ3) is 2.25. The Kier molecular flexibility index (Phi) is 2.76. The van der Waals surface area contributed by atoms with Gasteiger partial charge in [-0.2, -0.15) is 0 Å². The molecule has 0 heterocycles. The fourth-order valence-electron chi connectivity index (χ4n) is 4.65. The van der Waals surface area contributed by atoms with Crippen molar-refractivity contribution >= 4 is 10.0 Å². The molecule has 98 valence electrons. The first kappa shape index (κ1) is 11.9. The van der Waals surface area contributed by atoms with E-state index in [4.69, 9.17) is 0 Å². The molecule has 0 unspecified atom stereocenters. The summed E-state index contributed by atoms with van der Waals surface area (Å²) in [5.41, 5.74) is 0.138. The van der Waals surface area contributed by atoms with Crippen molar-refractivity contribution in [3.05, 3.63) is 0 Å². The van der Waals surface area contributed by atoms with Gasteiger partial charge in [-0.05, 0) is 63.3 Å². The summed E-state index contributed by atoms with van der Waals surface area (Å²) in [6, 6.07) is 0. The van der Waals surface area contributed by atoms with Gasteiger partial charge in [0.05, 0.1) is 0 Å². The quantitative estimate of drug-likeness (QED) is 0.792. The van der Waals surface area contributed by atoms with Crippen LogP contribution in [0.3, 0.4) is 0 Å². The minimum absolute atomic E-state index is 0.0790. The molecule has 4 bridgehead atoms. The molecule has 0 amide bonds. The lowest BCUT2D eigenvalue weighted by molar-refractivity contribution is -0.0170. The maximum atomic E-state index is 11.5. The number of hydrogen-bond donors (Lipinski definition) is 2. The minimum atomic E-state index is -3.12. The van der Waals surface area contributed by atoms with Crippen molar-refractivity contribution < 1.29 is 8.42 Å². The van der Waals surface area contributed by atoms with Crippen molar-refractivity contribution in [1.82, 2.24) is 10.0 Å². The fourth-order valence-corrected chi connectivity index (χ4v) is 5.29. The van der Waals surface area contributed by atoms with Crippen molar-refractivity contribution in [2.24, 2.45) is 17.8 Å². The molecule has 4 aliphatic carbocycles. The molecule has 5 heteroatoms. The normalized spacial score (nSPS) is 44.2. The van der Waals surface area contributed by atoms with Gasteiger partial charge in [0.1, 0.15) is 5.88 Å². The van der Waals surface area contributed by atoms with Gasteiger partial charge in [-0.3, -0.25) is 5.32 Å². The van der Waals surface area contributed by atoms with Gasteiger partial charge in [-0.25, -0.2) is 13.1 Å². The van der Waals surface area contributed by atoms with Gasteiger partial charge >= 0.3 is 0 Å². The first-order valence-electron chi connectivity index (χ1n) is 6.66. The van der Waals surface area contributed by atoms with Gasteiger partial charge in [0.2, 0.25) is 10.0 Å². The van der Waals surface area contributed by atoms with Crippen molar-refractivity contribution in [3.63, 3.8) is 0 Å². The molecule has 0 radical (unpaired) electrons. The predicted octanol–water partition coefficient (Wildman–Crippen LogP) is 1.05. The van der Waals surface area contributed by atoms with Gasteiger partial charge in [0.15, 0.2) is 0 Å². The zero-order valence-corrected chi connectivity index (χ0v) is 11.2. The molecule has 2 N–H and O–H groups in total. The molecule has 0 aromatic carbocycles. The first-order chi connectivity index (χ1) is 8.00. The minimum Gasteiger partial charge on any atom is -0.297 e. The van der Waals surface area contributed by atoms with Crippen LogP contribution in [0.5, 0.6) is 0 Å². The molecule has 4 fully saturated rings. The highest BCUT2D eigenvalue weighted by Crippen LogP contribution is 2.55. The molecule has 0 aliphatic heterocycles. The highest BCUT2D eigenvalue weighted by Gasteiger charge is 2.50. The summed E-state index contributed by atoms with van der Waals surface area (Å²) in [7, 11) is -1.64. The van der Waals surface area contributed by atoms with Crippen LogP contribution in [0.2, 0.25) is 0 Å². The Morgan fingerprint density at radius 3 is 1.94 bits per heavy atom. The van der Waals surface area contributed by atoms with E-state index in [0.29, 0.717) is 0 Å². The van der Waals surface area contributed by atoms with E-state index in [2.05, 4.69) is 10.0 Å². The van der Waals surface area contributed by atoms with Crippen molar-refractivity contribution in [2.45, 2.75) is 44.1 Å². The molecule has 4 saturated carbocycles. The largest absolute Gasteiger partial charge is 0.297 e. The topological polar surface area (TPSA) is 58.2 Å². The van der Waals surface area contributed by atoms with E-state index >= 15 is 0 Å². The zero-order chi connectivity index (χ0) is 12.1. The number of rotatable bonds is 4. The second kappa shape index (κ2) is 3.93. The first-order valence-corrected chi connectivity index (χ1v) is 8.32. The zero-order valence-electron chi connectivity index (χ0n) is 10.4. The predicted molar refractivity (Wildman–Crippen MR) is 66.9 cm³/mol. The van der Waals surface area contributed by atoms with E-state index in [1.54, 1.807) is 0 Å². The smallest absolute Gasteiger partial charge is 0.224 e. The van der Waals surface area contributed by atoms with E-state index in [0.717, 1.165) is 17.8 Å². The maximum Gasteiger partial charge on any atom is 0.224 e. The SMILES string of the molecule is CNS(=O)(=O)CNC12CC3CC(CC(C3)C1)C2. The Morgan fingerprint density at radius 1 is 1.06 bits per heavy atom. The lowest BCUT2D eigenvalue weighted by Crippen LogP contribution is -2.59. The van der Waals surface area contributed by atoms with Crippen LogP contribution in [-0.4, -0.2) is 26.9 Å². The molecule has 0 spiro atoms. The van der Waals surface area contributed by atoms with E-state index in [9.17, 15) is 8.42 Å². The average Bonchev–Trinajstić information content (AvgIpc) is 2.25. The standard InChI is InChI=1S/C12H22N2O2S/c1-13-17(15,16)8-14-12-5-9-2-10(6-12)4-11(3-9)7-12/h9-11,13-14H,2-8H2,1H3. The summed E-state index contributed by atoms with van der Waals surface area (Å²) >= 11 is 0. The molecule has 0 aromatic rings. The second-order valence-electron chi connectivity index (χ2n) is 6.34. The lowest BCUT2D eigenvalue weighted by atomic mass is 9.53. The summed E-state index contributed by atoms with van der Waals surface area (Å²) in [6.45, 7) is 0. The summed E-state index contributed by atoms with van der Waals surface area (Å²) in [5.74, 6) is 2.64. The van der Waals surface area contributed by atoms with Gasteiger partial charge < -0.3 is 0 Å². The Bertz CT molecular complexity index is 369. The Hall–Kier alpha value is -0.130. The van der Waals surface area contributed by atoms with Crippen LogP contribution in [0.25, 0.3) is 0 Å². The highest BCUT2D eigenvalue weighted by atomic mass is 32.2. The van der Waals surface area contributed by atoms with Crippen LogP contribution in [0.4, 0.5) is 0 Å². The molecule has 4 nitrogen and oxygen atoms in total. The molecule has 4 aliphatic rings. The van der Waals surface area contributed by atoms with Gasteiger partial charge in [0.25, 0.3) is 0 Å². The molecule has 0 saturated heterocycles. The number of nitrogens with one attached hydrogen (secondary N) is 2. The van der Waals surface area contributed by atoms with Crippen LogP contribution in [-0.2, 0) is 10.0 Å². The number of sulfonamides is 1. The average molecular weight is 258 g/mol. The maximum absolute atomic E-state index is 11.5. The lowest BCUT2D eigenvalue weighted by Gasteiger charge is -2.57. The Labute approximate surface area is 104 Å². The van der Waals surface area contributed by atoms with Gasteiger partial charge in [0, 0.05) is 5.54 Å². The number of hydrogen-bond acceptors (Lipinski definition) is 3. The van der Waals surface area contributed by atoms with Crippen LogP contribution in [0, 0.1) is 17.8 Å². The van der Waals surface area contributed by atoms with Crippen molar-refractivity contribution in [3.8, 4) is 0 Å². The summed E-state index contributed by atoms with van der Waals surface area (Å²) in [5, 5.41) is 3.37. The van der Waals surface area contributed by atoms with Gasteiger partial charge in [-0.1, -0.05) is 0 Å². The molecule has 4 rings (SSSR count). The fraction of sp³-hybridized carbons (Fsp3) is 1.00. The molecule has 0 aromatic heterocycles. The Balaban J connectivity index is 1.70. The molecular weight excluding hydrogens is 236 g/mol. The second-order valence-corrected chi connectivity index (χ2v) is 8.26. The van der Waals surface area contributed by atoms with Crippen LogP contribution < -0.4 is 10.0 Å². The molecular formula is C12H22N2O2S. The Morgan fingerprint density at radius 2 is 1.53 bits per heavy atom. The van der Waals surface area contributed by atoms with Crippen molar-refractivity contribution in [2.75, 3.05) is 12.9 Å². The van der Waals surface area contributed by atoms with E-state index in [-0.39, 0.29) is 11.4 Å². The highest BCUT2D eigenvalue weighted by molar-refractivity contribution is 7.89. The third-order valence-corrected chi connectivity index (χ3v) is 6.13. The van der Waals surface area contributed by atoms with Crippen LogP contribution in [0.1, 0.15) is 38.5 Å². The van der Waals surface area contributed by atoms with E-state index in [1.165, 1.54) is 45.6 Å². The van der Waals surface area contributed by atoms with Gasteiger partial charge in [-0.15, -0.1) is 0 Å². The summed E-state index contributed by atoms with van der Waals surface area (Å²) in [6.07, 6.45) is 7.74. The van der Waals surface area contributed by atoms with E-state index < -0.39 is 10.0 Å². The molecule has 17 heavy (non-hydrogen) atoms. The van der Waals surface area contributed by atoms with Crippen LogP contribution >= 0.6 is 0 Å². The van der Waals surface area contributed by atoms with Crippen molar-refractivity contribution in [1.29, 1.82) is 0 Å². The van der Waals surface area contributed by atoms with Crippen LogP contribution in [0.15, 0.2) is 0 Å². The third-order valence-electron chi connectivity index (χ3n) is 4.99. The van der Waals surface area contributed by atoms with E-state index in [1.807, 2.05) is 0 Å².